The van der Waals surface area contributed by atoms with Crippen LogP contribution in [0.1, 0.15) is 6.92 Å². The van der Waals surface area contributed by atoms with Crippen molar-refractivity contribution in [3.05, 3.63) is 85.6 Å². The molecule has 0 aliphatic carbocycles. The molecule has 0 aliphatic rings. The van der Waals surface area contributed by atoms with Gasteiger partial charge in [0.15, 0.2) is 11.6 Å². The van der Waals surface area contributed by atoms with Crippen molar-refractivity contribution in [2.45, 2.75) is 6.92 Å². The van der Waals surface area contributed by atoms with E-state index in [9.17, 15) is 14.0 Å². The molecule has 5 nitrogen and oxygen atoms in total. The third-order valence-electron chi connectivity index (χ3n) is 3.28. The van der Waals surface area contributed by atoms with E-state index in [1.54, 1.807) is 30.3 Å². The Morgan fingerprint density at radius 3 is 2.30 bits per heavy atom. The maximum absolute atomic E-state index is 14.0. The number of benzene rings is 2. The van der Waals surface area contributed by atoms with Gasteiger partial charge in [-0.1, -0.05) is 31.4 Å². The number of carbonyl (C=O) groups excluding carboxylic acids is 2. The SMILES string of the molecule is C=CC(=O)Oc1ccc(-c2ccc(O/C=C\OC(=O)C(=C)C)cc2)cc1F. The van der Waals surface area contributed by atoms with Crippen molar-refractivity contribution in [3.63, 3.8) is 0 Å². The van der Waals surface area contributed by atoms with Crippen LogP contribution in [0.2, 0.25) is 0 Å². The highest BCUT2D eigenvalue weighted by Gasteiger charge is 2.09. The number of hydrogen-bond acceptors (Lipinski definition) is 5. The zero-order chi connectivity index (χ0) is 19.8. The first kappa shape index (κ1) is 19.7. The lowest BCUT2D eigenvalue weighted by Gasteiger charge is -2.07. The van der Waals surface area contributed by atoms with Crippen LogP contribution in [-0.2, 0) is 14.3 Å². The maximum atomic E-state index is 14.0. The van der Waals surface area contributed by atoms with Crippen LogP contribution in [0, 0.1) is 5.82 Å². The Morgan fingerprint density at radius 2 is 1.70 bits per heavy atom. The van der Waals surface area contributed by atoms with Gasteiger partial charge in [-0.2, -0.15) is 0 Å². The van der Waals surface area contributed by atoms with E-state index < -0.39 is 17.8 Å². The van der Waals surface area contributed by atoms with E-state index in [-0.39, 0.29) is 11.3 Å². The molecule has 0 saturated carbocycles. The molecular formula is C21H17FO5. The number of esters is 2. The molecule has 6 heteroatoms. The van der Waals surface area contributed by atoms with Gasteiger partial charge in [-0.25, -0.2) is 14.0 Å². The highest BCUT2D eigenvalue weighted by molar-refractivity contribution is 5.87. The van der Waals surface area contributed by atoms with Gasteiger partial charge < -0.3 is 14.2 Å². The van der Waals surface area contributed by atoms with E-state index in [1.165, 1.54) is 25.3 Å². The zero-order valence-electron chi connectivity index (χ0n) is 14.6. The Hall–Kier alpha value is -3.67. The molecule has 27 heavy (non-hydrogen) atoms. The lowest BCUT2D eigenvalue weighted by atomic mass is 10.1. The molecule has 0 N–H and O–H groups in total. The predicted octanol–water partition coefficient (Wildman–Crippen LogP) is 4.55. The van der Waals surface area contributed by atoms with E-state index in [1.807, 2.05) is 0 Å². The molecule has 2 aromatic carbocycles. The quantitative estimate of drug-likeness (QED) is 0.310. The Morgan fingerprint density at radius 1 is 1.04 bits per heavy atom. The molecular weight excluding hydrogens is 351 g/mol. The molecule has 0 atom stereocenters. The standard InChI is InChI=1S/C21H17FO5/c1-4-20(23)27-19-10-7-16(13-18(19)22)15-5-8-17(9-6-15)25-11-12-26-21(24)14(2)3/h4-13H,1-2H2,3H3/b12-11-. The highest BCUT2D eigenvalue weighted by atomic mass is 19.1. The minimum atomic E-state index is -0.731. The largest absolute Gasteiger partial charge is 0.462 e. The first-order chi connectivity index (χ1) is 12.9. The number of carbonyl (C=O) groups is 2. The minimum Gasteiger partial charge on any atom is -0.462 e. The summed E-state index contributed by atoms with van der Waals surface area (Å²) in [5, 5.41) is 0. The fourth-order valence-electron chi connectivity index (χ4n) is 1.94. The second-order valence-electron chi connectivity index (χ2n) is 5.37. The van der Waals surface area contributed by atoms with Gasteiger partial charge >= 0.3 is 11.9 Å². The molecule has 0 aromatic heterocycles. The van der Waals surface area contributed by atoms with E-state index in [0.717, 1.165) is 17.9 Å². The lowest BCUT2D eigenvalue weighted by Crippen LogP contribution is -2.04. The first-order valence-electron chi connectivity index (χ1n) is 7.83. The van der Waals surface area contributed by atoms with Gasteiger partial charge in [-0.05, 0) is 42.3 Å². The van der Waals surface area contributed by atoms with Crippen molar-refractivity contribution in [3.8, 4) is 22.6 Å². The van der Waals surface area contributed by atoms with Crippen molar-refractivity contribution >= 4 is 11.9 Å². The number of rotatable bonds is 7. The summed E-state index contributed by atoms with van der Waals surface area (Å²) >= 11 is 0. The summed E-state index contributed by atoms with van der Waals surface area (Å²) in [6.45, 7) is 8.25. The van der Waals surface area contributed by atoms with E-state index in [2.05, 4.69) is 13.2 Å². The van der Waals surface area contributed by atoms with Crippen molar-refractivity contribution in [2.75, 3.05) is 0 Å². The smallest absolute Gasteiger partial charge is 0.338 e. The first-order valence-corrected chi connectivity index (χ1v) is 7.83. The van der Waals surface area contributed by atoms with Crippen LogP contribution in [-0.4, -0.2) is 11.9 Å². The van der Waals surface area contributed by atoms with Crippen LogP contribution in [0.3, 0.4) is 0 Å². The Bertz CT molecular complexity index is 897. The summed E-state index contributed by atoms with van der Waals surface area (Å²) in [6, 6.07) is 11.1. The van der Waals surface area contributed by atoms with Crippen molar-refractivity contribution < 1.29 is 28.2 Å². The molecule has 0 saturated heterocycles. The zero-order valence-corrected chi connectivity index (χ0v) is 14.6. The Labute approximate surface area is 156 Å². The van der Waals surface area contributed by atoms with Gasteiger partial charge in [0, 0.05) is 11.6 Å². The van der Waals surface area contributed by atoms with Crippen LogP contribution < -0.4 is 9.47 Å². The second kappa shape index (κ2) is 9.15. The van der Waals surface area contributed by atoms with Gasteiger partial charge in [-0.3, -0.25) is 0 Å². The fraction of sp³-hybridized carbons (Fsp3) is 0.0476. The number of ether oxygens (including phenoxy) is 3. The van der Waals surface area contributed by atoms with E-state index in [0.29, 0.717) is 11.3 Å². The summed E-state index contributed by atoms with van der Waals surface area (Å²) in [5.41, 5.74) is 1.62. The average molecular weight is 368 g/mol. The molecule has 138 valence electrons. The summed E-state index contributed by atoms with van der Waals surface area (Å²) in [5.74, 6) is -1.61. The summed E-state index contributed by atoms with van der Waals surface area (Å²) in [7, 11) is 0. The van der Waals surface area contributed by atoms with E-state index >= 15 is 0 Å². The van der Waals surface area contributed by atoms with Crippen LogP contribution in [0.4, 0.5) is 4.39 Å². The molecule has 2 rings (SSSR count). The number of halogens is 1. The summed E-state index contributed by atoms with van der Waals surface area (Å²) < 4.78 is 28.9. The van der Waals surface area contributed by atoms with Crippen molar-refractivity contribution in [1.29, 1.82) is 0 Å². The summed E-state index contributed by atoms with van der Waals surface area (Å²) in [4.78, 5) is 22.3. The van der Waals surface area contributed by atoms with Crippen molar-refractivity contribution in [2.24, 2.45) is 0 Å². The Kier molecular flexibility index (Phi) is 6.66. The molecule has 0 aliphatic heterocycles. The second-order valence-corrected chi connectivity index (χ2v) is 5.37. The van der Waals surface area contributed by atoms with E-state index in [4.69, 9.17) is 14.2 Å². The molecule has 2 aromatic rings. The summed E-state index contributed by atoms with van der Waals surface area (Å²) in [6.07, 6.45) is 3.29. The molecule has 0 bridgehead atoms. The third-order valence-corrected chi connectivity index (χ3v) is 3.28. The monoisotopic (exact) mass is 368 g/mol. The molecule has 0 heterocycles. The van der Waals surface area contributed by atoms with Crippen LogP contribution in [0.15, 0.2) is 79.8 Å². The third kappa shape index (κ3) is 5.67. The van der Waals surface area contributed by atoms with Gasteiger partial charge in [-0.15, -0.1) is 0 Å². The molecule has 0 radical (unpaired) electrons. The van der Waals surface area contributed by atoms with Crippen molar-refractivity contribution in [1.82, 2.24) is 0 Å². The molecule has 0 amide bonds. The molecule has 0 fully saturated rings. The van der Waals surface area contributed by atoms with Gasteiger partial charge in [0.05, 0.1) is 0 Å². The number of hydrogen-bond donors (Lipinski definition) is 0. The Balaban J connectivity index is 2.02. The topological polar surface area (TPSA) is 61.8 Å². The van der Waals surface area contributed by atoms with Gasteiger partial charge in [0.1, 0.15) is 18.3 Å². The van der Waals surface area contributed by atoms with Crippen LogP contribution >= 0.6 is 0 Å². The maximum Gasteiger partial charge on any atom is 0.338 e. The van der Waals surface area contributed by atoms with Crippen LogP contribution in [0.25, 0.3) is 11.1 Å². The fourth-order valence-corrected chi connectivity index (χ4v) is 1.94. The highest BCUT2D eigenvalue weighted by Crippen LogP contribution is 2.27. The average Bonchev–Trinajstić information content (AvgIpc) is 2.66. The molecule has 0 spiro atoms. The minimum absolute atomic E-state index is 0.168. The lowest BCUT2D eigenvalue weighted by molar-refractivity contribution is -0.133. The van der Waals surface area contributed by atoms with Crippen LogP contribution in [0.5, 0.6) is 11.5 Å². The predicted molar refractivity (Wildman–Crippen MR) is 98.3 cm³/mol. The van der Waals surface area contributed by atoms with Gasteiger partial charge in [0.25, 0.3) is 0 Å². The molecule has 0 unspecified atom stereocenters. The normalized spacial score (nSPS) is 10.3. The van der Waals surface area contributed by atoms with Gasteiger partial charge in [0.2, 0.25) is 0 Å².